The van der Waals surface area contributed by atoms with Crippen LogP contribution in [-0.2, 0) is 4.74 Å². The molecule has 0 aromatic carbocycles. The van der Waals surface area contributed by atoms with Gasteiger partial charge in [0.15, 0.2) is 11.5 Å². The summed E-state index contributed by atoms with van der Waals surface area (Å²) in [6, 6.07) is 1.46. The van der Waals surface area contributed by atoms with E-state index in [4.69, 9.17) is 27.9 Å². The minimum Gasteiger partial charge on any atom is -0.419 e. The third kappa shape index (κ3) is 3.36. The van der Waals surface area contributed by atoms with Crippen LogP contribution in [-0.4, -0.2) is 70.0 Å². The lowest BCUT2D eigenvalue weighted by Gasteiger charge is -2.33. The van der Waals surface area contributed by atoms with Gasteiger partial charge in [-0.3, -0.25) is 9.78 Å². The number of hydrogen-bond acceptors (Lipinski definition) is 7. The number of amides is 2. The van der Waals surface area contributed by atoms with Crippen molar-refractivity contribution in [2.45, 2.75) is 6.23 Å². The fourth-order valence-electron chi connectivity index (χ4n) is 3.10. The zero-order valence-corrected chi connectivity index (χ0v) is 16.4. The van der Waals surface area contributed by atoms with E-state index in [2.05, 4.69) is 19.9 Å². The number of halogens is 2. The van der Waals surface area contributed by atoms with Crippen LogP contribution in [0.3, 0.4) is 0 Å². The highest BCUT2D eigenvalue weighted by molar-refractivity contribution is 6.36. The number of hydrogen-bond donors (Lipinski definition) is 0. The zero-order valence-electron chi connectivity index (χ0n) is 14.9. The Morgan fingerprint density at radius 3 is 2.57 bits per heavy atom. The summed E-state index contributed by atoms with van der Waals surface area (Å²) in [5, 5.41) is 0.467. The van der Waals surface area contributed by atoms with Crippen molar-refractivity contribution < 1.29 is 14.3 Å². The number of ether oxygens (including phenoxy) is 1. The molecule has 2 aromatic rings. The maximum atomic E-state index is 12.9. The van der Waals surface area contributed by atoms with Crippen LogP contribution in [0.1, 0.15) is 22.4 Å². The van der Waals surface area contributed by atoms with Crippen LogP contribution in [0.4, 0.5) is 10.6 Å². The molecule has 1 atom stereocenters. The maximum Gasteiger partial charge on any atom is 0.412 e. The average Bonchev–Trinajstić information content (AvgIpc) is 2.95. The van der Waals surface area contributed by atoms with Crippen LogP contribution >= 0.6 is 23.2 Å². The molecule has 2 aromatic heterocycles. The van der Waals surface area contributed by atoms with Gasteiger partial charge in [0.25, 0.3) is 5.91 Å². The number of rotatable bonds is 2. The van der Waals surface area contributed by atoms with Gasteiger partial charge in [0.1, 0.15) is 5.69 Å². The van der Waals surface area contributed by atoms with E-state index in [1.807, 2.05) is 7.05 Å². The maximum absolute atomic E-state index is 12.9. The Hall–Kier alpha value is -2.49. The van der Waals surface area contributed by atoms with E-state index in [0.29, 0.717) is 18.1 Å². The Labute approximate surface area is 170 Å². The van der Waals surface area contributed by atoms with Crippen LogP contribution < -0.4 is 4.90 Å². The van der Waals surface area contributed by atoms with Gasteiger partial charge in [-0.1, -0.05) is 23.2 Å². The van der Waals surface area contributed by atoms with Crippen LogP contribution in [0.25, 0.3) is 0 Å². The third-order valence-corrected chi connectivity index (χ3v) is 5.09. The molecule has 9 nitrogen and oxygen atoms in total. The number of aromatic nitrogens is 3. The predicted molar refractivity (Wildman–Crippen MR) is 101 cm³/mol. The van der Waals surface area contributed by atoms with Crippen molar-refractivity contribution in [2.24, 2.45) is 0 Å². The minimum atomic E-state index is -1.12. The molecule has 1 fully saturated rings. The van der Waals surface area contributed by atoms with Crippen LogP contribution in [0, 0.1) is 0 Å². The number of carbonyl (C=O) groups is 2. The molecule has 11 heteroatoms. The van der Waals surface area contributed by atoms with Crippen molar-refractivity contribution in [3.63, 3.8) is 0 Å². The Morgan fingerprint density at radius 1 is 1.14 bits per heavy atom. The standard InChI is InChI=1S/C17H16Cl2N6O3/c1-23-4-6-24(7-5-23)17(27)28-16-13-12(20-2-3-21-13)15(26)25(16)14-11(19)8-10(18)9-22-14/h2-3,8-9,16H,4-7H2,1H3. The third-order valence-electron chi connectivity index (χ3n) is 4.61. The van der Waals surface area contributed by atoms with Gasteiger partial charge < -0.3 is 14.5 Å². The Morgan fingerprint density at radius 2 is 1.86 bits per heavy atom. The second-order valence-corrected chi connectivity index (χ2v) is 7.29. The van der Waals surface area contributed by atoms with Crippen molar-refractivity contribution in [3.8, 4) is 0 Å². The van der Waals surface area contributed by atoms with Gasteiger partial charge in [0, 0.05) is 44.8 Å². The molecule has 2 amide bonds. The monoisotopic (exact) mass is 422 g/mol. The molecule has 146 valence electrons. The van der Waals surface area contributed by atoms with Crippen LogP contribution in [0.15, 0.2) is 24.7 Å². The second kappa shape index (κ2) is 7.50. The molecule has 1 unspecified atom stereocenters. The molecular weight excluding hydrogens is 407 g/mol. The molecule has 0 saturated carbocycles. The largest absolute Gasteiger partial charge is 0.419 e. The van der Waals surface area contributed by atoms with Crippen molar-refractivity contribution in [2.75, 3.05) is 38.1 Å². The van der Waals surface area contributed by atoms with E-state index in [1.54, 1.807) is 4.90 Å². The molecule has 28 heavy (non-hydrogen) atoms. The lowest BCUT2D eigenvalue weighted by molar-refractivity contribution is 0.0476. The number of likely N-dealkylation sites (N-methyl/N-ethyl adjacent to an activating group) is 1. The summed E-state index contributed by atoms with van der Waals surface area (Å²) in [6.07, 6.45) is 2.54. The van der Waals surface area contributed by atoms with E-state index in [0.717, 1.165) is 13.1 Å². The quantitative estimate of drug-likeness (QED) is 0.732. The lowest BCUT2D eigenvalue weighted by atomic mass is 10.3. The van der Waals surface area contributed by atoms with E-state index < -0.39 is 18.2 Å². The highest BCUT2D eigenvalue weighted by Gasteiger charge is 2.45. The SMILES string of the molecule is CN1CCN(C(=O)OC2c3nccnc3C(=O)N2c2ncc(Cl)cc2Cl)CC1. The van der Waals surface area contributed by atoms with Gasteiger partial charge >= 0.3 is 6.09 Å². The number of nitrogens with zero attached hydrogens (tertiary/aromatic N) is 6. The van der Waals surface area contributed by atoms with Crippen molar-refractivity contribution in [1.82, 2.24) is 24.8 Å². The topological polar surface area (TPSA) is 91.8 Å². The summed E-state index contributed by atoms with van der Waals surface area (Å²) in [7, 11) is 1.99. The lowest BCUT2D eigenvalue weighted by Crippen LogP contribution is -2.48. The van der Waals surface area contributed by atoms with E-state index in [1.165, 1.54) is 29.6 Å². The Balaban J connectivity index is 1.67. The predicted octanol–water partition coefficient (Wildman–Crippen LogP) is 2.22. The molecule has 0 radical (unpaired) electrons. The van der Waals surface area contributed by atoms with E-state index in [-0.39, 0.29) is 22.2 Å². The first-order valence-corrected chi connectivity index (χ1v) is 9.31. The summed E-state index contributed by atoms with van der Waals surface area (Å²) in [5.41, 5.74) is 0.328. The molecule has 2 aliphatic rings. The first kappa shape index (κ1) is 18.9. The van der Waals surface area contributed by atoms with E-state index >= 15 is 0 Å². The van der Waals surface area contributed by atoms with Gasteiger partial charge in [-0.15, -0.1) is 0 Å². The molecule has 0 bridgehead atoms. The molecule has 2 aliphatic heterocycles. The number of anilines is 1. The highest BCUT2D eigenvalue weighted by Crippen LogP contribution is 2.39. The normalized spacial score (nSPS) is 19.7. The van der Waals surface area contributed by atoms with Gasteiger partial charge in [0.2, 0.25) is 6.23 Å². The minimum absolute atomic E-state index is 0.0893. The van der Waals surface area contributed by atoms with Gasteiger partial charge in [-0.2, -0.15) is 0 Å². The van der Waals surface area contributed by atoms with Crippen molar-refractivity contribution >= 4 is 41.0 Å². The fraction of sp³-hybridized carbons (Fsp3) is 0.353. The summed E-state index contributed by atoms with van der Waals surface area (Å²) >= 11 is 12.2. The summed E-state index contributed by atoms with van der Waals surface area (Å²) in [5.74, 6) is -0.386. The number of fused-ring (bicyclic) bond motifs is 1. The molecule has 0 aliphatic carbocycles. The van der Waals surface area contributed by atoms with Gasteiger partial charge in [-0.25, -0.2) is 19.7 Å². The first-order valence-electron chi connectivity index (χ1n) is 8.55. The molecule has 4 rings (SSSR count). The molecule has 0 N–H and O–H groups in total. The fourth-order valence-corrected chi connectivity index (χ4v) is 3.57. The summed E-state index contributed by atoms with van der Waals surface area (Å²) in [4.78, 5) is 43.0. The van der Waals surface area contributed by atoms with E-state index in [9.17, 15) is 9.59 Å². The van der Waals surface area contributed by atoms with Gasteiger partial charge in [0.05, 0.1) is 10.0 Å². The average molecular weight is 423 g/mol. The Kier molecular flexibility index (Phi) is 5.05. The molecule has 1 saturated heterocycles. The summed E-state index contributed by atoms with van der Waals surface area (Å²) < 4.78 is 5.67. The molecule has 4 heterocycles. The highest BCUT2D eigenvalue weighted by atomic mass is 35.5. The number of carbonyl (C=O) groups excluding carboxylic acids is 2. The van der Waals surface area contributed by atoms with Crippen LogP contribution in [0.5, 0.6) is 0 Å². The van der Waals surface area contributed by atoms with Crippen molar-refractivity contribution in [3.05, 3.63) is 46.1 Å². The van der Waals surface area contributed by atoms with Crippen molar-refractivity contribution in [1.29, 1.82) is 0 Å². The smallest absolute Gasteiger partial charge is 0.412 e. The number of pyridine rings is 1. The molecule has 0 spiro atoms. The number of piperazine rings is 1. The second-order valence-electron chi connectivity index (χ2n) is 6.45. The molecular formula is C17H16Cl2N6O3. The van der Waals surface area contributed by atoms with Gasteiger partial charge in [-0.05, 0) is 13.1 Å². The van der Waals surface area contributed by atoms with Crippen LogP contribution in [0.2, 0.25) is 10.0 Å². The zero-order chi connectivity index (χ0) is 19.8. The first-order chi connectivity index (χ1) is 13.5. The Bertz CT molecular complexity index is 935. The summed E-state index contributed by atoms with van der Waals surface area (Å²) in [6.45, 7) is 2.54.